The van der Waals surface area contributed by atoms with Gasteiger partial charge >= 0.3 is 0 Å². The highest BCUT2D eigenvalue weighted by molar-refractivity contribution is 5.85. The van der Waals surface area contributed by atoms with Crippen molar-refractivity contribution >= 4 is 12.4 Å². The minimum Gasteiger partial charge on any atom is -0.439 e. The fraction of sp³-hybridized carbons (Fsp3) is 0.476. The molecule has 1 aliphatic carbocycles. The number of hydrogen-bond acceptors (Lipinski definition) is 5. The molecule has 3 atom stereocenters. The summed E-state index contributed by atoms with van der Waals surface area (Å²) >= 11 is 0. The largest absolute Gasteiger partial charge is 0.439 e. The molecule has 1 aromatic heterocycles. The van der Waals surface area contributed by atoms with E-state index in [1.165, 1.54) is 31.4 Å². The Morgan fingerprint density at radius 2 is 2.18 bits per heavy atom. The van der Waals surface area contributed by atoms with Crippen LogP contribution >= 0.6 is 12.4 Å². The Hall–Kier alpha value is -1.73. The first kappa shape index (κ1) is 21.0. The number of pyridine rings is 1. The van der Waals surface area contributed by atoms with Crippen molar-refractivity contribution in [3.63, 3.8) is 0 Å². The average Bonchev–Trinajstić information content (AvgIpc) is 3.17. The molecule has 1 saturated heterocycles. The quantitative estimate of drug-likeness (QED) is 0.765. The molecular formula is C21H27ClFN3O2. The van der Waals surface area contributed by atoms with Crippen molar-refractivity contribution in [1.82, 2.24) is 15.6 Å². The normalized spacial score (nSPS) is 24.5. The summed E-state index contributed by atoms with van der Waals surface area (Å²) in [5.41, 5.74) is 1.11. The van der Waals surface area contributed by atoms with Gasteiger partial charge in [-0.05, 0) is 36.5 Å². The number of halogens is 2. The molecule has 2 fully saturated rings. The van der Waals surface area contributed by atoms with Gasteiger partial charge in [0.2, 0.25) is 5.88 Å². The van der Waals surface area contributed by atoms with Crippen LogP contribution in [-0.4, -0.2) is 36.8 Å². The first-order chi connectivity index (χ1) is 13.3. The van der Waals surface area contributed by atoms with Crippen LogP contribution in [0.1, 0.15) is 24.8 Å². The predicted octanol–water partition coefficient (Wildman–Crippen LogP) is 3.68. The second-order valence-electron chi connectivity index (χ2n) is 7.28. The van der Waals surface area contributed by atoms with E-state index in [1.807, 2.05) is 18.3 Å². The van der Waals surface area contributed by atoms with Crippen LogP contribution in [0, 0.1) is 11.7 Å². The van der Waals surface area contributed by atoms with Crippen LogP contribution in [0.3, 0.4) is 0 Å². The number of morpholine rings is 1. The highest BCUT2D eigenvalue weighted by Gasteiger charge is 2.34. The molecule has 152 valence electrons. The highest BCUT2D eigenvalue weighted by Crippen LogP contribution is 2.29. The number of nitrogens with one attached hydrogen (secondary N) is 2. The number of nitrogens with zero attached hydrogens (tertiary/aromatic N) is 1. The lowest BCUT2D eigenvalue weighted by molar-refractivity contribution is 0.0524. The smallest absolute Gasteiger partial charge is 0.219 e. The van der Waals surface area contributed by atoms with E-state index in [9.17, 15) is 4.39 Å². The lowest BCUT2D eigenvalue weighted by Gasteiger charge is -2.33. The molecule has 3 unspecified atom stereocenters. The Balaban J connectivity index is 0.00000225. The Morgan fingerprint density at radius 1 is 1.25 bits per heavy atom. The van der Waals surface area contributed by atoms with E-state index in [0.29, 0.717) is 29.6 Å². The van der Waals surface area contributed by atoms with Crippen LogP contribution < -0.4 is 15.4 Å². The van der Waals surface area contributed by atoms with Crippen molar-refractivity contribution in [2.24, 2.45) is 5.92 Å². The van der Waals surface area contributed by atoms with Crippen LogP contribution in [-0.2, 0) is 11.3 Å². The Kier molecular flexibility index (Phi) is 7.62. The second kappa shape index (κ2) is 10.2. The van der Waals surface area contributed by atoms with Crippen LogP contribution in [0.15, 0.2) is 42.6 Å². The molecule has 28 heavy (non-hydrogen) atoms. The molecule has 2 N–H and O–H groups in total. The third-order valence-electron chi connectivity index (χ3n) is 5.42. The van der Waals surface area contributed by atoms with Crippen molar-refractivity contribution in [3.8, 4) is 11.6 Å². The number of ether oxygens (including phenoxy) is 2. The zero-order valence-electron chi connectivity index (χ0n) is 15.8. The molecule has 1 saturated carbocycles. The van der Waals surface area contributed by atoms with Gasteiger partial charge in [0, 0.05) is 43.5 Å². The number of rotatable bonds is 6. The predicted molar refractivity (Wildman–Crippen MR) is 109 cm³/mol. The molecular weight excluding hydrogens is 381 g/mol. The topological polar surface area (TPSA) is 55.4 Å². The summed E-state index contributed by atoms with van der Waals surface area (Å²) in [5.74, 6) is 1.21. The van der Waals surface area contributed by atoms with Gasteiger partial charge in [-0.2, -0.15) is 0 Å². The first-order valence-corrected chi connectivity index (χ1v) is 9.71. The van der Waals surface area contributed by atoms with Gasteiger partial charge in [-0.1, -0.05) is 18.6 Å². The van der Waals surface area contributed by atoms with E-state index < -0.39 is 0 Å². The van der Waals surface area contributed by atoms with Crippen molar-refractivity contribution in [1.29, 1.82) is 0 Å². The van der Waals surface area contributed by atoms with Crippen molar-refractivity contribution in [3.05, 3.63) is 54.0 Å². The molecule has 0 bridgehead atoms. The molecule has 7 heteroatoms. The van der Waals surface area contributed by atoms with Gasteiger partial charge in [-0.25, -0.2) is 9.37 Å². The van der Waals surface area contributed by atoms with E-state index in [2.05, 4.69) is 15.6 Å². The third kappa shape index (κ3) is 5.41. The van der Waals surface area contributed by atoms with Crippen LogP contribution in [0.4, 0.5) is 4.39 Å². The van der Waals surface area contributed by atoms with Gasteiger partial charge < -0.3 is 20.1 Å². The second-order valence-corrected chi connectivity index (χ2v) is 7.28. The van der Waals surface area contributed by atoms with Gasteiger partial charge in [0.15, 0.2) is 0 Å². The Morgan fingerprint density at radius 3 is 2.93 bits per heavy atom. The maximum atomic E-state index is 13.2. The van der Waals surface area contributed by atoms with E-state index in [4.69, 9.17) is 9.47 Å². The van der Waals surface area contributed by atoms with Gasteiger partial charge in [-0.3, -0.25) is 0 Å². The molecule has 0 amide bonds. The molecule has 2 aromatic rings. The fourth-order valence-electron chi connectivity index (χ4n) is 4.06. The molecule has 4 rings (SSSR count). The molecule has 0 radical (unpaired) electrons. The molecule has 1 aromatic carbocycles. The van der Waals surface area contributed by atoms with Crippen molar-refractivity contribution in [2.45, 2.75) is 37.9 Å². The van der Waals surface area contributed by atoms with Gasteiger partial charge in [0.25, 0.3) is 0 Å². The van der Waals surface area contributed by atoms with Crippen LogP contribution in [0.5, 0.6) is 11.6 Å². The van der Waals surface area contributed by atoms with Gasteiger partial charge in [0.05, 0.1) is 13.2 Å². The zero-order chi connectivity index (χ0) is 18.5. The van der Waals surface area contributed by atoms with E-state index in [1.54, 1.807) is 12.1 Å². The summed E-state index contributed by atoms with van der Waals surface area (Å²) in [4.78, 5) is 4.34. The maximum absolute atomic E-state index is 13.2. The van der Waals surface area contributed by atoms with Crippen molar-refractivity contribution < 1.29 is 13.9 Å². The van der Waals surface area contributed by atoms with Gasteiger partial charge in [0.1, 0.15) is 11.6 Å². The summed E-state index contributed by atoms with van der Waals surface area (Å²) in [6.45, 7) is 3.36. The minimum atomic E-state index is -0.322. The van der Waals surface area contributed by atoms with E-state index in [0.717, 1.165) is 31.9 Å². The fourth-order valence-corrected chi connectivity index (χ4v) is 4.06. The van der Waals surface area contributed by atoms with Crippen LogP contribution in [0.2, 0.25) is 0 Å². The lowest BCUT2D eigenvalue weighted by Crippen LogP contribution is -2.50. The first-order valence-electron chi connectivity index (χ1n) is 9.71. The zero-order valence-corrected chi connectivity index (χ0v) is 16.6. The molecule has 2 heterocycles. The summed E-state index contributed by atoms with van der Waals surface area (Å²) in [6.07, 6.45) is 5.53. The summed E-state index contributed by atoms with van der Waals surface area (Å²) in [7, 11) is 0. The summed E-state index contributed by atoms with van der Waals surface area (Å²) in [5, 5.41) is 7.30. The Labute approximate surface area is 171 Å². The minimum absolute atomic E-state index is 0. The summed E-state index contributed by atoms with van der Waals surface area (Å²) < 4.78 is 24.5. The monoisotopic (exact) mass is 407 g/mol. The Bertz CT molecular complexity index is 741. The lowest BCUT2D eigenvalue weighted by atomic mass is 9.94. The van der Waals surface area contributed by atoms with Crippen LogP contribution in [0.25, 0.3) is 0 Å². The van der Waals surface area contributed by atoms with Crippen molar-refractivity contribution in [2.75, 3.05) is 19.8 Å². The average molecular weight is 408 g/mol. The number of aromatic nitrogens is 1. The molecule has 0 spiro atoms. The molecule has 2 aliphatic rings. The number of benzene rings is 1. The summed E-state index contributed by atoms with van der Waals surface area (Å²) in [6, 6.07) is 10.9. The van der Waals surface area contributed by atoms with E-state index >= 15 is 0 Å². The third-order valence-corrected chi connectivity index (χ3v) is 5.42. The molecule has 1 aliphatic heterocycles. The maximum Gasteiger partial charge on any atom is 0.219 e. The van der Waals surface area contributed by atoms with E-state index in [-0.39, 0.29) is 18.2 Å². The SMILES string of the molecule is Cl.Fc1cccc(Oc2ccc(CNC3CCCC3C3COCCN3)cn2)c1. The highest BCUT2D eigenvalue weighted by atomic mass is 35.5. The number of hydrogen-bond donors (Lipinski definition) is 2. The standard InChI is InChI=1S/C21H26FN3O2.ClH/c22-16-3-1-4-17(11-16)27-21-8-7-15(13-25-21)12-24-19-6-2-5-18(19)20-14-26-10-9-23-20;/h1,3-4,7-8,11,13,18-20,23-24H,2,5-6,9-10,12,14H2;1H. The molecule has 5 nitrogen and oxygen atoms in total. The van der Waals surface area contributed by atoms with Gasteiger partial charge in [-0.15, -0.1) is 12.4 Å².